The molecule has 0 radical (unpaired) electrons. The van der Waals surface area contributed by atoms with Crippen molar-refractivity contribution in [3.63, 3.8) is 0 Å². The predicted octanol–water partition coefficient (Wildman–Crippen LogP) is 5.46. The number of thioether (sulfide) groups is 2. The van der Waals surface area contributed by atoms with E-state index in [0.717, 1.165) is 5.69 Å². The second-order valence-electron chi connectivity index (χ2n) is 4.99. The zero-order chi connectivity index (χ0) is 15.4. The zero-order valence-corrected chi connectivity index (χ0v) is 14.3. The van der Waals surface area contributed by atoms with Crippen LogP contribution in [0.3, 0.4) is 0 Å². The Kier molecular flexibility index (Phi) is 5.34. The van der Waals surface area contributed by atoms with E-state index in [1.54, 1.807) is 12.1 Å². The van der Waals surface area contributed by atoms with Crippen molar-refractivity contribution < 1.29 is 4.79 Å². The van der Waals surface area contributed by atoms with E-state index in [4.69, 9.17) is 11.6 Å². The van der Waals surface area contributed by atoms with Crippen molar-refractivity contribution in [2.45, 2.75) is 11.0 Å². The molecule has 0 saturated carbocycles. The van der Waals surface area contributed by atoms with Gasteiger partial charge in [0.1, 0.15) is 0 Å². The lowest BCUT2D eigenvalue weighted by Gasteiger charge is -2.21. The van der Waals surface area contributed by atoms with Gasteiger partial charge in [0.05, 0.1) is 15.2 Å². The van der Waals surface area contributed by atoms with Crippen LogP contribution in [0.1, 0.15) is 26.9 Å². The number of carbonyl (C=O) groups is 1. The summed E-state index contributed by atoms with van der Waals surface area (Å²) >= 11 is 10.0. The lowest BCUT2D eigenvalue weighted by molar-refractivity contribution is 0.102. The molecule has 1 amide bonds. The first-order valence-electron chi connectivity index (χ1n) is 7.13. The highest BCUT2D eigenvalue weighted by atomic mass is 35.5. The average Bonchev–Trinajstić information content (AvgIpc) is 2.56. The summed E-state index contributed by atoms with van der Waals surface area (Å²) in [6.45, 7) is 0. The van der Waals surface area contributed by atoms with Crippen LogP contribution in [0.4, 0.5) is 5.69 Å². The highest BCUT2D eigenvalue weighted by Gasteiger charge is 2.17. The van der Waals surface area contributed by atoms with Crippen molar-refractivity contribution in [2.24, 2.45) is 0 Å². The summed E-state index contributed by atoms with van der Waals surface area (Å²) in [5.41, 5.74) is 2.57. The molecule has 5 heteroatoms. The Morgan fingerprint density at radius 3 is 2.64 bits per heavy atom. The van der Waals surface area contributed by atoms with Crippen LogP contribution in [0.5, 0.6) is 0 Å². The molecule has 2 aromatic rings. The summed E-state index contributed by atoms with van der Waals surface area (Å²) in [5.74, 6) is 2.23. The molecule has 1 saturated heterocycles. The fraction of sp³-hybridized carbons (Fsp3) is 0.235. The summed E-state index contributed by atoms with van der Waals surface area (Å²) < 4.78 is 0.464. The third-order valence-corrected chi connectivity index (χ3v) is 6.71. The van der Waals surface area contributed by atoms with Gasteiger partial charge in [-0.2, -0.15) is 0 Å². The van der Waals surface area contributed by atoms with Gasteiger partial charge in [-0.25, -0.2) is 0 Å². The first-order valence-corrected chi connectivity index (χ1v) is 9.60. The Morgan fingerprint density at radius 1 is 1.09 bits per heavy atom. The van der Waals surface area contributed by atoms with Crippen LogP contribution in [-0.4, -0.2) is 17.4 Å². The van der Waals surface area contributed by atoms with E-state index < -0.39 is 0 Å². The first kappa shape index (κ1) is 15.8. The van der Waals surface area contributed by atoms with Gasteiger partial charge < -0.3 is 5.32 Å². The third kappa shape index (κ3) is 3.80. The smallest absolute Gasteiger partial charge is 0.257 e. The third-order valence-electron chi connectivity index (χ3n) is 3.36. The van der Waals surface area contributed by atoms with E-state index in [0.29, 0.717) is 15.2 Å². The first-order chi connectivity index (χ1) is 10.7. The van der Waals surface area contributed by atoms with Crippen LogP contribution in [0, 0.1) is 0 Å². The van der Waals surface area contributed by atoms with Crippen LogP contribution in [0.25, 0.3) is 0 Å². The quantitative estimate of drug-likeness (QED) is 0.797. The monoisotopic (exact) mass is 349 g/mol. The fourth-order valence-electron chi connectivity index (χ4n) is 2.29. The van der Waals surface area contributed by atoms with Gasteiger partial charge in [0.2, 0.25) is 0 Å². The topological polar surface area (TPSA) is 29.1 Å². The molecular weight excluding hydrogens is 334 g/mol. The molecule has 1 aliphatic rings. The highest BCUT2D eigenvalue weighted by molar-refractivity contribution is 8.16. The minimum atomic E-state index is -0.174. The Balaban J connectivity index is 1.75. The lowest BCUT2D eigenvalue weighted by Crippen LogP contribution is -2.12. The minimum Gasteiger partial charge on any atom is -0.322 e. The van der Waals surface area contributed by atoms with Gasteiger partial charge in [0.15, 0.2) is 0 Å². The van der Waals surface area contributed by atoms with E-state index >= 15 is 0 Å². The lowest BCUT2D eigenvalue weighted by atomic mass is 10.2. The molecule has 0 bridgehead atoms. The number of nitrogens with one attached hydrogen (secondary N) is 1. The van der Waals surface area contributed by atoms with E-state index in [2.05, 4.69) is 17.4 Å². The van der Waals surface area contributed by atoms with Crippen molar-refractivity contribution in [1.82, 2.24) is 0 Å². The number of hydrogen-bond acceptors (Lipinski definition) is 3. The second-order valence-corrected chi connectivity index (χ2v) is 8.12. The van der Waals surface area contributed by atoms with Crippen molar-refractivity contribution >= 4 is 46.7 Å². The Bertz CT molecular complexity index is 671. The Labute approximate surface area is 144 Å². The molecule has 114 valence electrons. The van der Waals surface area contributed by atoms with Gasteiger partial charge in [0.25, 0.3) is 5.91 Å². The highest BCUT2D eigenvalue weighted by Crippen LogP contribution is 2.44. The van der Waals surface area contributed by atoms with E-state index in [1.165, 1.54) is 23.5 Å². The number of amides is 1. The summed E-state index contributed by atoms with van der Waals surface area (Å²) in [4.78, 5) is 12.3. The van der Waals surface area contributed by atoms with Crippen LogP contribution in [-0.2, 0) is 0 Å². The SMILES string of the molecule is O=C(Nc1cccc(C2SCCCS2)c1)c1ccccc1Cl. The molecule has 0 unspecified atom stereocenters. The molecule has 3 rings (SSSR count). The number of carbonyl (C=O) groups excluding carboxylic acids is 1. The Hall–Kier alpha value is -1.10. The Morgan fingerprint density at radius 2 is 1.86 bits per heavy atom. The van der Waals surface area contributed by atoms with E-state index in [9.17, 15) is 4.79 Å². The van der Waals surface area contributed by atoms with Gasteiger partial charge >= 0.3 is 0 Å². The standard InChI is InChI=1S/C17H16ClNOS2/c18-15-8-2-1-7-14(15)16(20)19-13-6-3-5-12(11-13)17-21-9-4-10-22-17/h1-3,5-8,11,17H,4,9-10H2,(H,19,20). The summed E-state index contributed by atoms with van der Waals surface area (Å²) in [6.07, 6.45) is 1.27. The largest absolute Gasteiger partial charge is 0.322 e. The van der Waals surface area contributed by atoms with Crippen molar-refractivity contribution in [1.29, 1.82) is 0 Å². The molecule has 22 heavy (non-hydrogen) atoms. The number of anilines is 1. The van der Waals surface area contributed by atoms with E-state index in [-0.39, 0.29) is 5.91 Å². The molecule has 1 N–H and O–H groups in total. The molecule has 2 aromatic carbocycles. The number of halogens is 1. The van der Waals surface area contributed by atoms with Gasteiger partial charge in [0, 0.05) is 5.69 Å². The van der Waals surface area contributed by atoms with Crippen LogP contribution >= 0.6 is 35.1 Å². The van der Waals surface area contributed by atoms with Gasteiger partial charge in [-0.1, -0.05) is 35.9 Å². The van der Waals surface area contributed by atoms with Crippen LogP contribution in [0.15, 0.2) is 48.5 Å². The van der Waals surface area contributed by atoms with Crippen molar-refractivity contribution in [2.75, 3.05) is 16.8 Å². The predicted molar refractivity (Wildman–Crippen MR) is 98.1 cm³/mol. The summed E-state index contributed by atoms with van der Waals surface area (Å²) in [5, 5.41) is 3.40. The maximum Gasteiger partial charge on any atom is 0.257 e. The maximum atomic E-state index is 12.3. The normalized spacial score (nSPS) is 15.5. The molecule has 0 atom stereocenters. The molecule has 0 aromatic heterocycles. The molecule has 1 aliphatic heterocycles. The number of hydrogen-bond donors (Lipinski definition) is 1. The summed E-state index contributed by atoms with van der Waals surface area (Å²) in [6, 6.07) is 15.2. The molecule has 0 spiro atoms. The van der Waals surface area contributed by atoms with Gasteiger partial charge in [-0.05, 0) is 47.8 Å². The maximum absolute atomic E-state index is 12.3. The van der Waals surface area contributed by atoms with Crippen LogP contribution in [0.2, 0.25) is 5.02 Å². The molecule has 1 fully saturated rings. The average molecular weight is 350 g/mol. The molecule has 0 aliphatic carbocycles. The second kappa shape index (κ2) is 7.44. The number of rotatable bonds is 3. The molecular formula is C17H16ClNOS2. The van der Waals surface area contributed by atoms with Crippen molar-refractivity contribution in [3.8, 4) is 0 Å². The summed E-state index contributed by atoms with van der Waals surface area (Å²) in [7, 11) is 0. The van der Waals surface area contributed by atoms with Gasteiger partial charge in [-0.15, -0.1) is 23.5 Å². The molecule has 2 nitrogen and oxygen atoms in total. The van der Waals surface area contributed by atoms with Crippen molar-refractivity contribution in [3.05, 3.63) is 64.7 Å². The zero-order valence-electron chi connectivity index (χ0n) is 11.9. The van der Waals surface area contributed by atoms with E-state index in [1.807, 2.05) is 47.8 Å². The minimum absolute atomic E-state index is 0.174. The van der Waals surface area contributed by atoms with Gasteiger partial charge in [-0.3, -0.25) is 4.79 Å². The molecule has 1 heterocycles. The van der Waals surface area contributed by atoms with Crippen LogP contribution < -0.4 is 5.32 Å². The number of benzene rings is 2. The fourth-order valence-corrected chi connectivity index (χ4v) is 5.38.